The van der Waals surface area contributed by atoms with Crippen molar-refractivity contribution in [3.8, 4) is 0 Å². The van der Waals surface area contributed by atoms with Gasteiger partial charge < -0.3 is 14.6 Å². The minimum Gasteiger partial charge on any atom is -0.321 e. The maximum atomic E-state index is 12.5. The maximum absolute atomic E-state index is 12.5. The normalized spacial score (nSPS) is 16.1. The second-order valence-corrected chi connectivity index (χ2v) is 7.07. The van der Waals surface area contributed by atoms with Crippen LogP contribution in [0.5, 0.6) is 0 Å². The van der Waals surface area contributed by atoms with Gasteiger partial charge in [-0.2, -0.15) is 0 Å². The molecule has 1 aliphatic heterocycles. The molecule has 3 aromatic rings. The van der Waals surface area contributed by atoms with Gasteiger partial charge in [0.2, 0.25) is 0 Å². The molecule has 134 valence electrons. The fourth-order valence-corrected chi connectivity index (χ4v) is 3.48. The van der Waals surface area contributed by atoms with Crippen LogP contribution in [-0.4, -0.2) is 45.3 Å². The molecule has 0 aliphatic carbocycles. The molecule has 1 saturated heterocycles. The Labute approximate surface area is 152 Å². The summed E-state index contributed by atoms with van der Waals surface area (Å²) in [5, 5.41) is 2.93. The molecule has 0 aromatic carbocycles. The average molecular weight is 349 g/mol. The van der Waals surface area contributed by atoms with Crippen LogP contribution in [0.3, 0.4) is 0 Å². The van der Waals surface area contributed by atoms with E-state index >= 15 is 0 Å². The SMILES string of the molecule is Cc1cn2cc(NC(=O)c3ccc(C4CCN(C)CC4)nc3)ccc2n1. The first kappa shape index (κ1) is 16.7. The second kappa shape index (κ2) is 6.88. The Kier molecular flexibility index (Phi) is 4.42. The van der Waals surface area contributed by atoms with Crippen molar-refractivity contribution >= 4 is 17.2 Å². The Morgan fingerprint density at radius 1 is 1.15 bits per heavy atom. The minimum atomic E-state index is -0.149. The summed E-state index contributed by atoms with van der Waals surface area (Å²) in [6.07, 6.45) is 7.73. The second-order valence-electron chi connectivity index (χ2n) is 7.07. The number of nitrogens with one attached hydrogen (secondary N) is 1. The molecule has 0 atom stereocenters. The molecule has 1 fully saturated rings. The van der Waals surface area contributed by atoms with E-state index in [1.807, 2.05) is 48.0 Å². The smallest absolute Gasteiger partial charge is 0.257 e. The zero-order chi connectivity index (χ0) is 18.1. The molecular formula is C20H23N5O. The number of aryl methyl sites for hydroxylation is 1. The lowest BCUT2D eigenvalue weighted by Crippen LogP contribution is -2.29. The number of pyridine rings is 2. The van der Waals surface area contributed by atoms with Crippen LogP contribution in [0, 0.1) is 6.92 Å². The molecule has 1 aliphatic rings. The van der Waals surface area contributed by atoms with Crippen LogP contribution in [0.15, 0.2) is 42.9 Å². The third kappa shape index (κ3) is 3.46. The number of piperidine rings is 1. The molecule has 4 rings (SSSR count). The number of amides is 1. The Morgan fingerprint density at radius 3 is 2.69 bits per heavy atom. The van der Waals surface area contributed by atoms with E-state index in [2.05, 4.69) is 27.2 Å². The van der Waals surface area contributed by atoms with Crippen molar-refractivity contribution in [2.24, 2.45) is 0 Å². The molecule has 3 aromatic heterocycles. The number of carbonyl (C=O) groups excluding carboxylic acids is 1. The van der Waals surface area contributed by atoms with Gasteiger partial charge >= 0.3 is 0 Å². The van der Waals surface area contributed by atoms with Gasteiger partial charge in [-0.05, 0) is 64.2 Å². The van der Waals surface area contributed by atoms with E-state index in [4.69, 9.17) is 0 Å². The summed E-state index contributed by atoms with van der Waals surface area (Å²) in [5.74, 6) is 0.346. The Balaban J connectivity index is 1.45. The van der Waals surface area contributed by atoms with Gasteiger partial charge in [0.1, 0.15) is 5.65 Å². The van der Waals surface area contributed by atoms with Gasteiger partial charge in [0.25, 0.3) is 5.91 Å². The van der Waals surface area contributed by atoms with Crippen LogP contribution in [0.2, 0.25) is 0 Å². The lowest BCUT2D eigenvalue weighted by Gasteiger charge is -2.28. The molecule has 0 unspecified atom stereocenters. The summed E-state index contributed by atoms with van der Waals surface area (Å²) in [5.41, 5.74) is 4.21. The van der Waals surface area contributed by atoms with E-state index in [0.29, 0.717) is 11.5 Å². The Morgan fingerprint density at radius 2 is 1.96 bits per heavy atom. The van der Waals surface area contributed by atoms with Gasteiger partial charge in [0, 0.05) is 30.2 Å². The first-order valence-electron chi connectivity index (χ1n) is 9.00. The van der Waals surface area contributed by atoms with Crippen molar-refractivity contribution in [2.45, 2.75) is 25.7 Å². The van der Waals surface area contributed by atoms with Crippen molar-refractivity contribution in [3.63, 3.8) is 0 Å². The molecule has 1 N–H and O–H groups in total. The highest BCUT2D eigenvalue weighted by Gasteiger charge is 2.19. The Hall–Kier alpha value is -2.73. The van der Waals surface area contributed by atoms with Crippen molar-refractivity contribution in [1.29, 1.82) is 0 Å². The standard InChI is InChI=1S/C20H23N5O/c1-14-12-25-13-17(4-6-19(25)22-14)23-20(26)16-3-5-18(21-11-16)15-7-9-24(2)10-8-15/h3-6,11-13,15H,7-10H2,1-2H3,(H,23,26). The zero-order valence-corrected chi connectivity index (χ0v) is 15.1. The number of aromatic nitrogens is 3. The van der Waals surface area contributed by atoms with Gasteiger partial charge in [-0.25, -0.2) is 4.98 Å². The first-order valence-corrected chi connectivity index (χ1v) is 9.00. The predicted octanol–water partition coefficient (Wildman–Crippen LogP) is 3.10. The summed E-state index contributed by atoms with van der Waals surface area (Å²) in [7, 11) is 2.15. The predicted molar refractivity (Wildman–Crippen MR) is 102 cm³/mol. The maximum Gasteiger partial charge on any atom is 0.257 e. The monoisotopic (exact) mass is 349 g/mol. The molecule has 1 amide bonds. The topological polar surface area (TPSA) is 62.5 Å². The quantitative estimate of drug-likeness (QED) is 0.789. The summed E-state index contributed by atoms with van der Waals surface area (Å²) >= 11 is 0. The van der Waals surface area contributed by atoms with Crippen LogP contribution in [0.4, 0.5) is 5.69 Å². The lowest BCUT2D eigenvalue weighted by atomic mass is 9.93. The molecular weight excluding hydrogens is 326 g/mol. The van der Waals surface area contributed by atoms with Crippen molar-refractivity contribution in [2.75, 3.05) is 25.5 Å². The molecule has 0 radical (unpaired) electrons. The summed E-state index contributed by atoms with van der Waals surface area (Å²) < 4.78 is 1.91. The number of likely N-dealkylation sites (tertiary alicyclic amines) is 1. The van der Waals surface area contributed by atoms with E-state index in [1.165, 1.54) is 0 Å². The van der Waals surface area contributed by atoms with Crippen LogP contribution in [0.1, 0.15) is 40.5 Å². The third-order valence-electron chi connectivity index (χ3n) is 5.01. The number of carbonyl (C=O) groups is 1. The molecule has 0 spiro atoms. The third-order valence-corrected chi connectivity index (χ3v) is 5.01. The van der Waals surface area contributed by atoms with E-state index in [1.54, 1.807) is 6.20 Å². The molecule has 4 heterocycles. The first-order chi connectivity index (χ1) is 12.6. The van der Waals surface area contributed by atoms with E-state index in [-0.39, 0.29) is 5.91 Å². The number of nitrogens with zero attached hydrogens (tertiary/aromatic N) is 4. The van der Waals surface area contributed by atoms with Gasteiger partial charge in [-0.1, -0.05) is 0 Å². The minimum absolute atomic E-state index is 0.149. The fourth-order valence-electron chi connectivity index (χ4n) is 3.48. The van der Waals surface area contributed by atoms with Gasteiger partial charge in [-0.15, -0.1) is 0 Å². The fraction of sp³-hybridized carbons (Fsp3) is 0.350. The molecule has 0 saturated carbocycles. The van der Waals surface area contributed by atoms with Crippen molar-refractivity contribution in [3.05, 3.63) is 59.8 Å². The number of hydrogen-bond acceptors (Lipinski definition) is 4. The van der Waals surface area contributed by atoms with E-state index in [9.17, 15) is 4.79 Å². The van der Waals surface area contributed by atoms with Crippen LogP contribution < -0.4 is 5.32 Å². The average Bonchev–Trinajstić information content (AvgIpc) is 3.02. The summed E-state index contributed by atoms with van der Waals surface area (Å²) in [6, 6.07) is 7.62. The highest BCUT2D eigenvalue weighted by molar-refractivity contribution is 6.04. The lowest BCUT2D eigenvalue weighted by molar-refractivity contribution is 0.102. The molecule has 6 nitrogen and oxygen atoms in total. The van der Waals surface area contributed by atoms with Gasteiger partial charge in [-0.3, -0.25) is 9.78 Å². The number of rotatable bonds is 3. The highest BCUT2D eigenvalue weighted by atomic mass is 16.1. The van der Waals surface area contributed by atoms with Crippen LogP contribution in [-0.2, 0) is 0 Å². The van der Waals surface area contributed by atoms with Crippen LogP contribution >= 0.6 is 0 Å². The van der Waals surface area contributed by atoms with Crippen LogP contribution in [0.25, 0.3) is 5.65 Å². The molecule has 26 heavy (non-hydrogen) atoms. The summed E-state index contributed by atoms with van der Waals surface area (Å²) in [4.78, 5) is 23.8. The number of hydrogen-bond donors (Lipinski definition) is 1. The number of imidazole rings is 1. The molecule has 0 bridgehead atoms. The van der Waals surface area contributed by atoms with E-state index < -0.39 is 0 Å². The largest absolute Gasteiger partial charge is 0.321 e. The highest BCUT2D eigenvalue weighted by Crippen LogP contribution is 2.26. The number of anilines is 1. The Bertz CT molecular complexity index is 923. The summed E-state index contributed by atoms with van der Waals surface area (Å²) in [6.45, 7) is 4.15. The zero-order valence-electron chi connectivity index (χ0n) is 15.1. The van der Waals surface area contributed by atoms with E-state index in [0.717, 1.165) is 48.7 Å². The van der Waals surface area contributed by atoms with Crippen molar-refractivity contribution < 1.29 is 4.79 Å². The molecule has 6 heteroatoms. The number of fused-ring (bicyclic) bond motifs is 1. The van der Waals surface area contributed by atoms with Gasteiger partial charge in [0.05, 0.1) is 16.9 Å². The van der Waals surface area contributed by atoms with Gasteiger partial charge in [0.15, 0.2) is 0 Å². The van der Waals surface area contributed by atoms with Crippen molar-refractivity contribution in [1.82, 2.24) is 19.3 Å².